The first-order valence-electron chi connectivity index (χ1n) is 9.29. The standard InChI is InChI=1S/C23H20F3NO2S/c1-2-29-21-13-12-16(14-17(21)15-30-18-8-4-3-5-9-18)22(28)27-20-11-7-6-10-19(20)23(24,25)26/h3-14H,2,15H2,1H3,(H,27,28). The van der Waals surface area contributed by atoms with Gasteiger partial charge in [0.05, 0.1) is 17.9 Å². The fourth-order valence-electron chi connectivity index (χ4n) is 2.84. The zero-order valence-electron chi connectivity index (χ0n) is 16.2. The van der Waals surface area contributed by atoms with Crippen molar-refractivity contribution in [1.82, 2.24) is 0 Å². The zero-order chi connectivity index (χ0) is 21.6. The lowest BCUT2D eigenvalue weighted by atomic mass is 10.1. The summed E-state index contributed by atoms with van der Waals surface area (Å²) in [5.41, 5.74) is -0.102. The first kappa shape index (κ1) is 21.8. The van der Waals surface area contributed by atoms with Crippen LogP contribution in [-0.4, -0.2) is 12.5 Å². The van der Waals surface area contributed by atoms with Crippen LogP contribution in [0.25, 0.3) is 0 Å². The fraction of sp³-hybridized carbons (Fsp3) is 0.174. The Morgan fingerprint density at radius 3 is 2.40 bits per heavy atom. The van der Waals surface area contributed by atoms with E-state index in [1.54, 1.807) is 30.0 Å². The van der Waals surface area contributed by atoms with Gasteiger partial charge in [-0.3, -0.25) is 4.79 Å². The average molecular weight is 431 g/mol. The van der Waals surface area contributed by atoms with Crippen LogP contribution in [0.15, 0.2) is 77.7 Å². The van der Waals surface area contributed by atoms with Crippen LogP contribution in [0.2, 0.25) is 0 Å². The SMILES string of the molecule is CCOc1ccc(C(=O)Nc2ccccc2C(F)(F)F)cc1CSc1ccccc1. The second-order valence-corrected chi connectivity index (χ2v) is 7.40. The number of alkyl halides is 3. The molecule has 0 bridgehead atoms. The third kappa shape index (κ3) is 5.57. The molecule has 1 N–H and O–H groups in total. The minimum Gasteiger partial charge on any atom is -0.494 e. The molecule has 0 aromatic heterocycles. The van der Waals surface area contributed by atoms with Crippen molar-refractivity contribution in [1.29, 1.82) is 0 Å². The second-order valence-electron chi connectivity index (χ2n) is 6.35. The minimum absolute atomic E-state index is 0.263. The number of para-hydroxylation sites is 1. The minimum atomic E-state index is -4.56. The molecule has 0 saturated carbocycles. The molecule has 0 aliphatic heterocycles. The van der Waals surface area contributed by atoms with Crippen molar-refractivity contribution in [2.75, 3.05) is 11.9 Å². The first-order chi connectivity index (χ1) is 14.4. The lowest BCUT2D eigenvalue weighted by molar-refractivity contribution is -0.136. The average Bonchev–Trinajstić information content (AvgIpc) is 2.73. The molecule has 0 atom stereocenters. The molecule has 1 amide bonds. The van der Waals surface area contributed by atoms with Crippen molar-refractivity contribution in [2.45, 2.75) is 23.7 Å². The van der Waals surface area contributed by atoms with Crippen LogP contribution in [-0.2, 0) is 11.9 Å². The molecule has 0 heterocycles. The molecule has 3 rings (SSSR count). The highest BCUT2D eigenvalue weighted by atomic mass is 32.2. The molecule has 0 saturated heterocycles. The van der Waals surface area contributed by atoms with Crippen LogP contribution in [0.3, 0.4) is 0 Å². The Morgan fingerprint density at radius 1 is 1.00 bits per heavy atom. The summed E-state index contributed by atoms with van der Waals surface area (Å²) in [6.07, 6.45) is -4.56. The zero-order valence-corrected chi connectivity index (χ0v) is 17.0. The van der Waals surface area contributed by atoms with E-state index in [-0.39, 0.29) is 11.3 Å². The van der Waals surface area contributed by atoms with Crippen molar-refractivity contribution < 1.29 is 22.7 Å². The number of hydrogen-bond donors (Lipinski definition) is 1. The van der Waals surface area contributed by atoms with E-state index in [0.717, 1.165) is 16.5 Å². The molecule has 0 spiro atoms. The smallest absolute Gasteiger partial charge is 0.418 e. The Bertz CT molecular complexity index is 1010. The normalized spacial score (nSPS) is 11.2. The van der Waals surface area contributed by atoms with Gasteiger partial charge >= 0.3 is 6.18 Å². The monoisotopic (exact) mass is 431 g/mol. The summed E-state index contributed by atoms with van der Waals surface area (Å²) in [7, 11) is 0. The Labute approximate surface area is 177 Å². The predicted molar refractivity (Wildman–Crippen MR) is 113 cm³/mol. The number of halogens is 3. The summed E-state index contributed by atoms with van der Waals surface area (Å²) in [5, 5.41) is 2.38. The summed E-state index contributed by atoms with van der Waals surface area (Å²) < 4.78 is 45.2. The maximum atomic E-state index is 13.2. The van der Waals surface area contributed by atoms with E-state index >= 15 is 0 Å². The fourth-order valence-corrected chi connectivity index (χ4v) is 3.74. The maximum absolute atomic E-state index is 13.2. The first-order valence-corrected chi connectivity index (χ1v) is 10.3. The van der Waals surface area contributed by atoms with E-state index in [2.05, 4.69) is 5.32 Å². The molecule has 156 valence electrons. The summed E-state index contributed by atoms with van der Waals surface area (Å²) in [5.74, 6) is 0.591. The van der Waals surface area contributed by atoms with E-state index < -0.39 is 17.6 Å². The molecule has 3 aromatic rings. The van der Waals surface area contributed by atoms with Gasteiger partial charge in [0, 0.05) is 21.8 Å². The summed E-state index contributed by atoms with van der Waals surface area (Å²) in [6.45, 7) is 2.33. The third-order valence-corrected chi connectivity index (χ3v) is 5.30. The molecule has 3 aromatic carbocycles. The molecule has 30 heavy (non-hydrogen) atoms. The van der Waals surface area contributed by atoms with Gasteiger partial charge in [0.15, 0.2) is 0 Å². The van der Waals surface area contributed by atoms with Crippen molar-refractivity contribution in [3.63, 3.8) is 0 Å². The van der Waals surface area contributed by atoms with Crippen LogP contribution < -0.4 is 10.1 Å². The summed E-state index contributed by atoms with van der Waals surface area (Å²) >= 11 is 1.58. The molecular formula is C23H20F3NO2S. The van der Waals surface area contributed by atoms with E-state index in [9.17, 15) is 18.0 Å². The molecule has 0 radical (unpaired) electrons. The van der Waals surface area contributed by atoms with E-state index in [4.69, 9.17) is 4.74 Å². The van der Waals surface area contributed by atoms with Crippen molar-refractivity contribution >= 4 is 23.4 Å². The number of carbonyl (C=O) groups is 1. The number of anilines is 1. The third-order valence-electron chi connectivity index (χ3n) is 4.24. The number of carbonyl (C=O) groups excluding carboxylic acids is 1. The largest absolute Gasteiger partial charge is 0.494 e. The lowest BCUT2D eigenvalue weighted by Gasteiger charge is -2.15. The van der Waals surface area contributed by atoms with Gasteiger partial charge in [-0.25, -0.2) is 0 Å². The molecular weight excluding hydrogens is 411 g/mol. The molecule has 0 fully saturated rings. The molecule has 0 aliphatic carbocycles. The number of nitrogens with one attached hydrogen (secondary N) is 1. The topological polar surface area (TPSA) is 38.3 Å². The van der Waals surface area contributed by atoms with Gasteiger partial charge in [0.25, 0.3) is 5.91 Å². The summed E-state index contributed by atoms with van der Waals surface area (Å²) in [4.78, 5) is 13.7. The van der Waals surface area contributed by atoms with E-state index in [1.807, 2.05) is 37.3 Å². The molecule has 0 aliphatic rings. The maximum Gasteiger partial charge on any atom is 0.418 e. The van der Waals surface area contributed by atoms with Crippen LogP contribution in [0.4, 0.5) is 18.9 Å². The Hall–Kier alpha value is -2.93. The summed E-state index contributed by atoms with van der Waals surface area (Å²) in [6, 6.07) is 19.6. The van der Waals surface area contributed by atoms with Crippen molar-refractivity contribution in [2.24, 2.45) is 0 Å². The van der Waals surface area contributed by atoms with Crippen molar-refractivity contribution in [3.05, 3.63) is 89.5 Å². The van der Waals surface area contributed by atoms with Gasteiger partial charge in [0.2, 0.25) is 0 Å². The quantitative estimate of drug-likeness (QED) is 0.426. The predicted octanol–water partition coefficient (Wildman–Crippen LogP) is 6.65. The van der Waals surface area contributed by atoms with Crippen LogP contribution in [0, 0.1) is 0 Å². The van der Waals surface area contributed by atoms with Gasteiger partial charge in [-0.1, -0.05) is 30.3 Å². The van der Waals surface area contributed by atoms with Crippen molar-refractivity contribution in [3.8, 4) is 5.75 Å². The van der Waals surface area contributed by atoms with E-state index in [0.29, 0.717) is 18.1 Å². The van der Waals surface area contributed by atoms with Crippen LogP contribution in [0.5, 0.6) is 5.75 Å². The molecule has 3 nitrogen and oxygen atoms in total. The molecule has 0 unspecified atom stereocenters. The van der Waals surface area contributed by atoms with Gasteiger partial charge in [-0.05, 0) is 49.4 Å². The number of hydrogen-bond acceptors (Lipinski definition) is 3. The highest BCUT2D eigenvalue weighted by molar-refractivity contribution is 7.98. The number of thioether (sulfide) groups is 1. The second kappa shape index (κ2) is 9.71. The van der Waals surface area contributed by atoms with Gasteiger partial charge in [-0.2, -0.15) is 13.2 Å². The highest BCUT2D eigenvalue weighted by Crippen LogP contribution is 2.35. The Kier molecular flexibility index (Phi) is 7.05. The number of benzene rings is 3. The Balaban J connectivity index is 1.83. The van der Waals surface area contributed by atoms with Gasteiger partial charge < -0.3 is 10.1 Å². The lowest BCUT2D eigenvalue weighted by Crippen LogP contribution is -2.17. The molecule has 7 heteroatoms. The number of amides is 1. The number of rotatable bonds is 7. The van der Waals surface area contributed by atoms with Crippen LogP contribution in [0.1, 0.15) is 28.4 Å². The Morgan fingerprint density at radius 2 is 1.70 bits per heavy atom. The van der Waals surface area contributed by atoms with Gasteiger partial charge in [-0.15, -0.1) is 11.8 Å². The number of ether oxygens (including phenoxy) is 1. The van der Waals surface area contributed by atoms with Crippen LogP contribution >= 0.6 is 11.8 Å². The van der Waals surface area contributed by atoms with E-state index in [1.165, 1.54) is 18.2 Å². The van der Waals surface area contributed by atoms with Gasteiger partial charge in [0.1, 0.15) is 5.75 Å². The highest BCUT2D eigenvalue weighted by Gasteiger charge is 2.33.